The number of nitrogens with one attached hydrogen (secondary N) is 2. The van der Waals surface area contributed by atoms with Gasteiger partial charge in [0.15, 0.2) is 5.82 Å². The lowest BCUT2D eigenvalue weighted by Gasteiger charge is -2.34. The van der Waals surface area contributed by atoms with Crippen LogP contribution in [0.1, 0.15) is 34.3 Å². The van der Waals surface area contributed by atoms with Crippen LogP contribution in [-0.4, -0.2) is 67.4 Å². The third-order valence-corrected chi connectivity index (χ3v) is 8.22. The van der Waals surface area contributed by atoms with Crippen LogP contribution in [0.4, 0.5) is 20.3 Å². The number of piperazine rings is 1. The molecule has 3 heterocycles. The number of ether oxygens (including phenoxy) is 2. The van der Waals surface area contributed by atoms with E-state index in [0.29, 0.717) is 34.0 Å². The van der Waals surface area contributed by atoms with Gasteiger partial charge in [-0.1, -0.05) is 0 Å². The molecule has 8 nitrogen and oxygen atoms in total. The predicted octanol–water partition coefficient (Wildman–Crippen LogP) is 5.39. The molecule has 0 aliphatic carbocycles. The summed E-state index contributed by atoms with van der Waals surface area (Å²) in [6.45, 7) is 5.28. The maximum absolute atomic E-state index is 14.1. The molecule has 3 aromatic carbocycles. The van der Waals surface area contributed by atoms with Crippen molar-refractivity contribution in [3.63, 3.8) is 0 Å². The minimum absolute atomic E-state index is 0.118. The van der Waals surface area contributed by atoms with Crippen molar-refractivity contribution in [2.24, 2.45) is 5.92 Å². The molecule has 0 saturated carbocycles. The molecular formula is C32H35F2N5O3. The molecule has 10 heteroatoms. The summed E-state index contributed by atoms with van der Waals surface area (Å²) in [6, 6.07) is 14.6. The van der Waals surface area contributed by atoms with Gasteiger partial charge >= 0.3 is 0 Å². The molecular weight excluding hydrogens is 540 g/mol. The molecule has 0 spiro atoms. The second-order valence-electron chi connectivity index (χ2n) is 11.1. The highest BCUT2D eigenvalue weighted by Gasteiger charge is 2.22. The maximum Gasteiger partial charge on any atom is 0.257 e. The number of aromatic nitrogens is 2. The Morgan fingerprint density at radius 3 is 2.64 bits per heavy atom. The van der Waals surface area contributed by atoms with Gasteiger partial charge < -0.3 is 24.6 Å². The van der Waals surface area contributed by atoms with Crippen molar-refractivity contribution < 1.29 is 23.0 Å². The van der Waals surface area contributed by atoms with Crippen LogP contribution in [0.2, 0.25) is 0 Å². The number of likely N-dealkylation sites (N-methyl/N-ethyl adjacent to an activating group) is 1. The number of benzene rings is 3. The van der Waals surface area contributed by atoms with Gasteiger partial charge in [-0.15, -0.1) is 0 Å². The molecule has 0 atom stereocenters. The van der Waals surface area contributed by atoms with E-state index >= 15 is 0 Å². The van der Waals surface area contributed by atoms with Crippen molar-refractivity contribution in [1.29, 1.82) is 0 Å². The molecule has 2 aliphatic rings. The molecule has 1 aromatic heterocycles. The lowest BCUT2D eigenvalue weighted by molar-refractivity contribution is 0.0664. The normalized spacial score (nSPS) is 16.6. The number of carbonyl (C=O) groups is 1. The molecule has 0 unspecified atom stereocenters. The molecule has 4 aromatic rings. The van der Waals surface area contributed by atoms with E-state index in [1.807, 2.05) is 12.1 Å². The Hall–Kier alpha value is -4.02. The number of aromatic amines is 1. The first-order valence-corrected chi connectivity index (χ1v) is 14.4. The second kappa shape index (κ2) is 12.5. The fourth-order valence-electron chi connectivity index (χ4n) is 5.66. The molecule has 2 N–H and O–H groups in total. The Bertz CT molecular complexity index is 1560. The first-order valence-electron chi connectivity index (χ1n) is 14.4. The van der Waals surface area contributed by atoms with Crippen LogP contribution in [0, 0.1) is 17.6 Å². The number of fused-ring (bicyclic) bond motifs is 1. The summed E-state index contributed by atoms with van der Waals surface area (Å²) in [4.78, 5) is 18.4. The van der Waals surface area contributed by atoms with Crippen molar-refractivity contribution in [3.8, 4) is 5.75 Å². The summed E-state index contributed by atoms with van der Waals surface area (Å²) in [6.07, 6.45) is 2.77. The summed E-state index contributed by atoms with van der Waals surface area (Å²) < 4.78 is 38.9. The number of halogens is 2. The van der Waals surface area contributed by atoms with Crippen molar-refractivity contribution in [2.75, 3.05) is 56.7 Å². The predicted molar refractivity (Wildman–Crippen MR) is 158 cm³/mol. The van der Waals surface area contributed by atoms with Crippen molar-refractivity contribution in [1.82, 2.24) is 15.1 Å². The van der Waals surface area contributed by atoms with E-state index in [4.69, 9.17) is 9.47 Å². The number of hydrogen-bond acceptors (Lipinski definition) is 6. The van der Waals surface area contributed by atoms with Crippen LogP contribution < -0.4 is 15.0 Å². The van der Waals surface area contributed by atoms with Gasteiger partial charge in [0, 0.05) is 61.6 Å². The van der Waals surface area contributed by atoms with Gasteiger partial charge in [0.25, 0.3) is 5.91 Å². The van der Waals surface area contributed by atoms with Crippen LogP contribution >= 0.6 is 0 Å². The molecule has 0 bridgehead atoms. The summed E-state index contributed by atoms with van der Waals surface area (Å²) in [5.41, 5.74) is 3.63. The molecule has 2 fully saturated rings. The molecule has 0 radical (unpaired) electrons. The standard InChI is InChI=1S/C32H35F2N5O3/c1-38-10-12-39(13-11-38)25-3-5-27(22(18-25)16-21-8-14-41-15-9-21)32(40)35-31-28-19-26(4-7-30(28)36-37-31)42-20-23-17-24(33)2-6-29(23)34/h2-7,17-19,21H,8-16,20H2,1H3,(H2,35,36,37,40). The number of amides is 1. The minimum atomic E-state index is -0.538. The topological polar surface area (TPSA) is 82.7 Å². The quantitative estimate of drug-likeness (QED) is 0.293. The van der Waals surface area contributed by atoms with Crippen molar-refractivity contribution >= 4 is 28.3 Å². The monoisotopic (exact) mass is 575 g/mol. The third-order valence-electron chi connectivity index (χ3n) is 8.22. The summed E-state index contributed by atoms with van der Waals surface area (Å²) >= 11 is 0. The van der Waals surface area contributed by atoms with Crippen LogP contribution in [-0.2, 0) is 17.8 Å². The van der Waals surface area contributed by atoms with Crippen LogP contribution in [0.3, 0.4) is 0 Å². The molecule has 42 heavy (non-hydrogen) atoms. The third kappa shape index (κ3) is 6.39. The van der Waals surface area contributed by atoms with Gasteiger partial charge in [0.1, 0.15) is 24.0 Å². The zero-order valence-corrected chi connectivity index (χ0v) is 23.7. The Labute approximate surface area is 243 Å². The summed E-state index contributed by atoms with van der Waals surface area (Å²) in [5.74, 6) is -0.0234. The van der Waals surface area contributed by atoms with Crippen LogP contribution in [0.25, 0.3) is 10.9 Å². The van der Waals surface area contributed by atoms with Crippen LogP contribution in [0.15, 0.2) is 54.6 Å². The zero-order chi connectivity index (χ0) is 29.1. The Morgan fingerprint density at radius 2 is 1.83 bits per heavy atom. The average Bonchev–Trinajstić information content (AvgIpc) is 3.40. The number of hydrogen-bond donors (Lipinski definition) is 2. The fraction of sp³-hybridized carbons (Fsp3) is 0.375. The van der Waals surface area contributed by atoms with Gasteiger partial charge in [0.05, 0.1) is 5.52 Å². The first-order chi connectivity index (χ1) is 20.4. The lowest BCUT2D eigenvalue weighted by atomic mass is 9.89. The van der Waals surface area contributed by atoms with Gasteiger partial charge in [-0.05, 0) is 92.4 Å². The lowest BCUT2D eigenvalue weighted by Crippen LogP contribution is -2.44. The fourth-order valence-corrected chi connectivity index (χ4v) is 5.66. The molecule has 2 saturated heterocycles. The number of nitrogens with zero attached hydrogens (tertiary/aromatic N) is 3. The zero-order valence-electron chi connectivity index (χ0n) is 23.7. The summed E-state index contributed by atoms with van der Waals surface area (Å²) in [7, 11) is 2.14. The van der Waals surface area contributed by atoms with Gasteiger partial charge in [-0.25, -0.2) is 8.78 Å². The molecule has 2 aliphatic heterocycles. The van der Waals surface area contributed by atoms with Gasteiger partial charge in [0.2, 0.25) is 0 Å². The minimum Gasteiger partial charge on any atom is -0.489 e. The van der Waals surface area contributed by atoms with E-state index in [2.05, 4.69) is 38.4 Å². The largest absolute Gasteiger partial charge is 0.489 e. The van der Waals surface area contributed by atoms with E-state index < -0.39 is 11.6 Å². The van der Waals surface area contributed by atoms with Crippen molar-refractivity contribution in [2.45, 2.75) is 25.9 Å². The molecule has 6 rings (SSSR count). The van der Waals surface area contributed by atoms with E-state index in [9.17, 15) is 13.6 Å². The molecule has 220 valence electrons. The van der Waals surface area contributed by atoms with Gasteiger partial charge in [-0.2, -0.15) is 5.10 Å². The Kier molecular flexibility index (Phi) is 8.34. The summed E-state index contributed by atoms with van der Waals surface area (Å²) in [5, 5.41) is 10.9. The number of carbonyl (C=O) groups excluding carboxylic acids is 1. The second-order valence-corrected chi connectivity index (χ2v) is 11.1. The highest BCUT2D eigenvalue weighted by Crippen LogP contribution is 2.30. The maximum atomic E-state index is 14.1. The first kappa shape index (κ1) is 28.1. The van der Waals surface area contributed by atoms with E-state index in [0.717, 1.165) is 88.1 Å². The van der Waals surface area contributed by atoms with Crippen LogP contribution in [0.5, 0.6) is 5.75 Å². The van der Waals surface area contributed by atoms with E-state index in [-0.39, 0.29) is 18.1 Å². The SMILES string of the molecule is CN1CCN(c2ccc(C(=O)Nc3n[nH]c4ccc(OCc5cc(F)ccc5F)cc34)c(CC3CCOCC3)c2)CC1. The van der Waals surface area contributed by atoms with Gasteiger partial charge in [-0.3, -0.25) is 9.89 Å². The number of H-pyrrole nitrogens is 1. The Morgan fingerprint density at radius 1 is 1.02 bits per heavy atom. The average molecular weight is 576 g/mol. The smallest absolute Gasteiger partial charge is 0.257 e. The van der Waals surface area contributed by atoms with Crippen molar-refractivity contribution in [3.05, 3.63) is 82.9 Å². The van der Waals surface area contributed by atoms with E-state index in [1.165, 1.54) is 0 Å². The Balaban J connectivity index is 1.22. The number of anilines is 2. The number of rotatable bonds is 8. The van der Waals surface area contributed by atoms with E-state index in [1.54, 1.807) is 18.2 Å². The highest BCUT2D eigenvalue weighted by molar-refractivity contribution is 6.09. The highest BCUT2D eigenvalue weighted by atomic mass is 19.1. The molecule has 1 amide bonds.